The average Bonchev–Trinajstić information content (AvgIpc) is 3.14. The van der Waals surface area contributed by atoms with Crippen molar-refractivity contribution in [2.75, 3.05) is 25.0 Å². The lowest BCUT2D eigenvalue weighted by Crippen LogP contribution is -2.54. The Hall–Kier alpha value is -2.51. The zero-order chi connectivity index (χ0) is 17.6. The summed E-state index contributed by atoms with van der Waals surface area (Å²) in [6.07, 6.45) is 8.44. The first-order chi connectivity index (χ1) is 12.0. The molecule has 2 saturated heterocycles. The van der Waals surface area contributed by atoms with Crippen molar-refractivity contribution < 1.29 is 9.18 Å². The Morgan fingerprint density at radius 1 is 1.16 bits per heavy atom. The fourth-order valence-corrected chi connectivity index (χ4v) is 4.28. The highest BCUT2D eigenvalue weighted by atomic mass is 19.1. The first kappa shape index (κ1) is 16.0. The highest BCUT2D eigenvalue weighted by Gasteiger charge is 2.53. The molecule has 0 N–H and O–H groups in total. The van der Waals surface area contributed by atoms with Crippen LogP contribution in [0.15, 0.2) is 24.8 Å². The van der Waals surface area contributed by atoms with Gasteiger partial charge in [0, 0.05) is 45.7 Å². The van der Waals surface area contributed by atoms with Crippen LogP contribution in [0.4, 0.5) is 10.3 Å². The van der Waals surface area contributed by atoms with E-state index < -0.39 is 5.82 Å². The van der Waals surface area contributed by atoms with Gasteiger partial charge in [-0.25, -0.2) is 14.4 Å². The van der Waals surface area contributed by atoms with Gasteiger partial charge in [-0.1, -0.05) is 0 Å². The molecule has 1 atom stereocenters. The number of aryl methyl sites for hydroxylation is 1. The zero-order valence-corrected chi connectivity index (χ0v) is 14.4. The van der Waals surface area contributed by atoms with Crippen molar-refractivity contribution in [1.82, 2.24) is 24.6 Å². The fraction of sp³-hybridized carbons (Fsp3) is 0.529. The number of hydrogen-bond donors (Lipinski definition) is 0. The van der Waals surface area contributed by atoms with Crippen molar-refractivity contribution in [3.05, 3.63) is 36.2 Å². The molecule has 1 amide bonds. The second-order valence-corrected chi connectivity index (χ2v) is 6.95. The van der Waals surface area contributed by atoms with Gasteiger partial charge in [-0.3, -0.25) is 9.48 Å². The molecule has 0 bridgehead atoms. The third-order valence-corrected chi connectivity index (χ3v) is 5.72. The predicted octanol–water partition coefficient (Wildman–Crippen LogP) is 1.33. The van der Waals surface area contributed by atoms with Crippen LogP contribution in [-0.4, -0.2) is 56.2 Å². The summed E-state index contributed by atoms with van der Waals surface area (Å²) in [4.78, 5) is 24.6. The minimum absolute atomic E-state index is 0.148. The van der Waals surface area contributed by atoms with E-state index in [1.54, 1.807) is 4.68 Å². The highest BCUT2D eigenvalue weighted by Crippen LogP contribution is 2.48. The molecule has 2 aromatic rings. The Morgan fingerprint density at radius 3 is 2.44 bits per heavy atom. The lowest BCUT2D eigenvalue weighted by Gasteiger charge is -2.46. The first-order valence-electron chi connectivity index (χ1n) is 8.47. The van der Waals surface area contributed by atoms with Gasteiger partial charge in [0.1, 0.15) is 0 Å². The van der Waals surface area contributed by atoms with E-state index in [1.165, 1.54) is 12.4 Å². The van der Waals surface area contributed by atoms with Crippen LogP contribution in [0.25, 0.3) is 0 Å². The maximum atomic E-state index is 13.0. The van der Waals surface area contributed by atoms with Gasteiger partial charge < -0.3 is 9.80 Å². The molecule has 2 aliphatic rings. The number of rotatable bonds is 2. The summed E-state index contributed by atoms with van der Waals surface area (Å²) in [6.45, 7) is 1.47. The van der Waals surface area contributed by atoms with Gasteiger partial charge in [0.2, 0.25) is 11.9 Å². The minimum atomic E-state index is -0.435. The van der Waals surface area contributed by atoms with E-state index in [4.69, 9.17) is 0 Å². The molecular weight excluding hydrogens is 323 g/mol. The summed E-state index contributed by atoms with van der Waals surface area (Å²) < 4.78 is 14.8. The summed E-state index contributed by atoms with van der Waals surface area (Å²) in [5.74, 6) is 0.437. The maximum Gasteiger partial charge on any atom is 0.225 e. The van der Waals surface area contributed by atoms with Crippen molar-refractivity contribution in [3.8, 4) is 0 Å². The van der Waals surface area contributed by atoms with Crippen molar-refractivity contribution >= 4 is 11.9 Å². The van der Waals surface area contributed by atoms with Crippen LogP contribution in [-0.2, 0) is 11.8 Å². The normalized spacial score (nSPS) is 22.8. The van der Waals surface area contributed by atoms with Crippen molar-refractivity contribution in [2.24, 2.45) is 7.05 Å². The molecule has 0 unspecified atom stereocenters. The number of carbonyl (C=O) groups excluding carboxylic acids is 1. The van der Waals surface area contributed by atoms with Crippen LogP contribution in [0, 0.1) is 5.82 Å². The molecule has 2 aromatic heterocycles. The number of carbonyl (C=O) groups is 1. The minimum Gasteiger partial charge on any atom is -0.341 e. The van der Waals surface area contributed by atoms with E-state index in [-0.39, 0.29) is 17.4 Å². The molecule has 8 heteroatoms. The molecule has 0 radical (unpaired) electrons. The predicted molar refractivity (Wildman–Crippen MR) is 89.5 cm³/mol. The number of hydrogen-bond acceptors (Lipinski definition) is 5. The standard InChI is InChI=1S/C17H21FN6O/c1-22-11-12(8-21-22)14-7-15(25)23(2)17(14)3-5-24(6-4-17)16-19-9-13(18)10-20-16/h8-11,14H,3-7H2,1-2H3/t14-/m1/s1. The molecule has 7 nitrogen and oxygen atoms in total. The van der Waals surface area contributed by atoms with E-state index in [9.17, 15) is 9.18 Å². The molecule has 2 fully saturated rings. The van der Waals surface area contributed by atoms with Crippen molar-refractivity contribution in [3.63, 3.8) is 0 Å². The molecule has 0 saturated carbocycles. The molecule has 2 aliphatic heterocycles. The van der Waals surface area contributed by atoms with Gasteiger partial charge in [-0.15, -0.1) is 0 Å². The Morgan fingerprint density at radius 2 is 1.84 bits per heavy atom. The van der Waals surface area contributed by atoms with E-state index in [0.717, 1.165) is 31.5 Å². The summed E-state index contributed by atoms with van der Waals surface area (Å²) in [6, 6.07) is 0. The molecule has 0 aromatic carbocycles. The van der Waals surface area contributed by atoms with Crippen LogP contribution in [0.2, 0.25) is 0 Å². The van der Waals surface area contributed by atoms with E-state index in [2.05, 4.69) is 20.0 Å². The zero-order valence-electron chi connectivity index (χ0n) is 14.4. The summed E-state index contributed by atoms with van der Waals surface area (Å²) in [5.41, 5.74) is 0.920. The van der Waals surface area contributed by atoms with Gasteiger partial charge in [-0.05, 0) is 18.4 Å². The Bertz CT molecular complexity index is 781. The van der Waals surface area contributed by atoms with Crippen LogP contribution in [0.1, 0.15) is 30.7 Å². The molecule has 132 valence electrons. The lowest BCUT2D eigenvalue weighted by molar-refractivity contribution is -0.130. The summed E-state index contributed by atoms with van der Waals surface area (Å²) in [5, 5.41) is 4.28. The number of anilines is 1. The Balaban J connectivity index is 1.58. The number of amides is 1. The highest BCUT2D eigenvalue weighted by molar-refractivity contribution is 5.81. The third-order valence-electron chi connectivity index (χ3n) is 5.72. The number of aromatic nitrogens is 4. The number of likely N-dealkylation sites (N-methyl/N-ethyl adjacent to an activating group) is 1. The summed E-state index contributed by atoms with van der Waals surface area (Å²) in [7, 11) is 3.80. The molecule has 25 heavy (non-hydrogen) atoms. The van der Waals surface area contributed by atoms with Gasteiger partial charge >= 0.3 is 0 Å². The SMILES string of the molecule is CN1C(=O)C[C@H](c2cnn(C)c2)C12CCN(c1ncc(F)cn1)CC2. The largest absolute Gasteiger partial charge is 0.341 e. The van der Waals surface area contributed by atoms with Crippen molar-refractivity contribution in [2.45, 2.75) is 30.7 Å². The van der Waals surface area contributed by atoms with Crippen LogP contribution < -0.4 is 4.90 Å². The molecule has 0 aliphatic carbocycles. The molecule has 4 heterocycles. The lowest BCUT2D eigenvalue weighted by atomic mass is 9.74. The van der Waals surface area contributed by atoms with E-state index >= 15 is 0 Å². The summed E-state index contributed by atoms with van der Waals surface area (Å²) >= 11 is 0. The topological polar surface area (TPSA) is 67.2 Å². The number of likely N-dealkylation sites (tertiary alicyclic amines) is 1. The third kappa shape index (κ3) is 2.56. The number of halogens is 1. The van der Waals surface area contributed by atoms with Gasteiger partial charge in [0.05, 0.1) is 24.1 Å². The second kappa shape index (κ2) is 5.79. The molecular formula is C17H21FN6O. The smallest absolute Gasteiger partial charge is 0.225 e. The van der Waals surface area contributed by atoms with Crippen LogP contribution in [0.3, 0.4) is 0 Å². The van der Waals surface area contributed by atoms with E-state index in [0.29, 0.717) is 12.4 Å². The molecule has 1 spiro atoms. The second-order valence-electron chi connectivity index (χ2n) is 6.95. The quantitative estimate of drug-likeness (QED) is 0.822. The molecule has 4 rings (SSSR count). The van der Waals surface area contributed by atoms with Crippen LogP contribution >= 0.6 is 0 Å². The fourth-order valence-electron chi connectivity index (χ4n) is 4.28. The van der Waals surface area contributed by atoms with Crippen molar-refractivity contribution in [1.29, 1.82) is 0 Å². The van der Waals surface area contributed by atoms with E-state index in [1.807, 2.05) is 31.4 Å². The van der Waals surface area contributed by atoms with Crippen LogP contribution in [0.5, 0.6) is 0 Å². The number of nitrogens with zero attached hydrogens (tertiary/aromatic N) is 6. The van der Waals surface area contributed by atoms with Gasteiger partial charge in [0.15, 0.2) is 5.82 Å². The monoisotopic (exact) mass is 344 g/mol. The first-order valence-corrected chi connectivity index (χ1v) is 8.47. The van der Waals surface area contributed by atoms with Gasteiger partial charge in [0.25, 0.3) is 0 Å². The number of piperidine rings is 1. The maximum absolute atomic E-state index is 13.0. The van der Waals surface area contributed by atoms with Gasteiger partial charge in [-0.2, -0.15) is 5.10 Å². The average molecular weight is 344 g/mol. The Kier molecular flexibility index (Phi) is 3.70. The Labute approximate surface area is 145 Å².